The van der Waals surface area contributed by atoms with Crippen LogP contribution in [-0.4, -0.2) is 23.6 Å². The first kappa shape index (κ1) is 23.6. The van der Waals surface area contributed by atoms with Crippen LogP contribution in [0, 0.1) is 0 Å². The minimum atomic E-state index is -4.47. The standard InChI is InChI=1S/C25H33F3N2O/c1-2-3-4-5-6-7-8-9-11-19-12-10-13-20-14-15-21(18-22(19)20)24(25(26,27)28)30-17-16-23(31)29-30/h10,12-15,18,24H,2-9,11,16-17H2,1H3,(H,29,31). The quantitative estimate of drug-likeness (QED) is 0.392. The molecule has 0 spiro atoms. The summed E-state index contributed by atoms with van der Waals surface area (Å²) in [6, 6.07) is 9.06. The maximum atomic E-state index is 13.9. The van der Waals surface area contributed by atoms with Gasteiger partial charge < -0.3 is 0 Å². The van der Waals surface area contributed by atoms with Crippen molar-refractivity contribution in [3.63, 3.8) is 0 Å². The van der Waals surface area contributed by atoms with Gasteiger partial charge >= 0.3 is 6.18 Å². The van der Waals surface area contributed by atoms with Crippen molar-refractivity contribution in [2.75, 3.05) is 6.54 Å². The summed E-state index contributed by atoms with van der Waals surface area (Å²) in [5.41, 5.74) is 3.63. The van der Waals surface area contributed by atoms with Crippen molar-refractivity contribution in [1.29, 1.82) is 0 Å². The van der Waals surface area contributed by atoms with Gasteiger partial charge in [0.2, 0.25) is 5.91 Å². The number of carbonyl (C=O) groups is 1. The Bertz CT molecular complexity index is 865. The van der Waals surface area contributed by atoms with Crippen molar-refractivity contribution in [2.24, 2.45) is 0 Å². The summed E-state index contributed by atoms with van der Waals surface area (Å²) in [5.74, 6) is -0.370. The van der Waals surface area contributed by atoms with Gasteiger partial charge in [-0.05, 0) is 40.8 Å². The molecule has 3 nitrogen and oxygen atoms in total. The molecule has 3 rings (SSSR count). The van der Waals surface area contributed by atoms with Crippen molar-refractivity contribution in [3.8, 4) is 0 Å². The van der Waals surface area contributed by atoms with E-state index in [-0.39, 0.29) is 24.4 Å². The second kappa shape index (κ2) is 11.0. The van der Waals surface area contributed by atoms with E-state index in [0.717, 1.165) is 40.6 Å². The molecule has 31 heavy (non-hydrogen) atoms. The third kappa shape index (κ3) is 6.45. The molecule has 0 aliphatic carbocycles. The summed E-state index contributed by atoms with van der Waals surface area (Å²) >= 11 is 0. The van der Waals surface area contributed by atoms with Crippen LogP contribution in [0.3, 0.4) is 0 Å². The number of rotatable bonds is 11. The number of amides is 1. The van der Waals surface area contributed by atoms with Gasteiger partial charge in [-0.25, -0.2) is 5.01 Å². The second-order valence-corrected chi connectivity index (χ2v) is 8.55. The zero-order valence-corrected chi connectivity index (χ0v) is 18.3. The van der Waals surface area contributed by atoms with Crippen LogP contribution in [-0.2, 0) is 11.2 Å². The normalized spacial score (nSPS) is 16.1. The van der Waals surface area contributed by atoms with Gasteiger partial charge in [0.05, 0.1) is 0 Å². The Hall–Kier alpha value is -2.08. The number of alkyl halides is 3. The molecular formula is C25H33F3N2O. The van der Waals surface area contributed by atoms with E-state index in [9.17, 15) is 18.0 Å². The van der Waals surface area contributed by atoms with Gasteiger partial charge in [-0.3, -0.25) is 10.2 Å². The first-order valence-electron chi connectivity index (χ1n) is 11.5. The van der Waals surface area contributed by atoms with Gasteiger partial charge in [0.1, 0.15) is 6.04 Å². The number of hydrogen-bond acceptors (Lipinski definition) is 2. The molecule has 1 amide bonds. The molecule has 0 radical (unpaired) electrons. The average Bonchev–Trinajstić information content (AvgIpc) is 3.14. The number of carbonyl (C=O) groups excluding carboxylic acids is 1. The van der Waals surface area contributed by atoms with Crippen molar-refractivity contribution in [3.05, 3.63) is 47.5 Å². The van der Waals surface area contributed by atoms with Crippen molar-refractivity contribution < 1.29 is 18.0 Å². The molecule has 6 heteroatoms. The lowest BCUT2D eigenvalue weighted by Gasteiger charge is -2.29. The summed E-state index contributed by atoms with van der Waals surface area (Å²) in [6.07, 6.45) is 6.29. The predicted molar refractivity (Wildman–Crippen MR) is 119 cm³/mol. The minimum Gasteiger partial charge on any atom is -0.288 e. The summed E-state index contributed by atoms with van der Waals surface area (Å²) < 4.78 is 41.7. The highest BCUT2D eigenvalue weighted by Crippen LogP contribution is 2.39. The van der Waals surface area contributed by atoms with E-state index < -0.39 is 12.2 Å². The van der Waals surface area contributed by atoms with Gasteiger partial charge in [-0.2, -0.15) is 13.2 Å². The van der Waals surface area contributed by atoms with Crippen molar-refractivity contribution in [1.82, 2.24) is 10.4 Å². The number of hydrazine groups is 1. The van der Waals surface area contributed by atoms with Gasteiger partial charge in [-0.15, -0.1) is 0 Å². The molecule has 2 aromatic carbocycles. The van der Waals surface area contributed by atoms with Crippen LogP contribution in [0.15, 0.2) is 36.4 Å². The number of halogens is 3. The summed E-state index contributed by atoms with van der Waals surface area (Å²) in [4.78, 5) is 11.5. The Morgan fingerprint density at radius 3 is 2.35 bits per heavy atom. The van der Waals surface area contributed by atoms with E-state index in [2.05, 4.69) is 12.3 Å². The lowest BCUT2D eigenvalue weighted by atomic mass is 9.95. The number of fused-ring (bicyclic) bond motifs is 1. The van der Waals surface area contributed by atoms with Gasteiger partial charge in [0, 0.05) is 13.0 Å². The van der Waals surface area contributed by atoms with Gasteiger partial charge in [0.15, 0.2) is 0 Å². The molecule has 1 saturated heterocycles. The molecule has 0 aromatic heterocycles. The first-order valence-corrected chi connectivity index (χ1v) is 11.5. The molecule has 1 heterocycles. The minimum absolute atomic E-state index is 0.0565. The third-order valence-corrected chi connectivity index (χ3v) is 6.08. The highest BCUT2D eigenvalue weighted by Gasteiger charge is 2.46. The van der Waals surface area contributed by atoms with Crippen LogP contribution in [0.1, 0.15) is 81.9 Å². The largest absolute Gasteiger partial charge is 0.409 e. The number of hydrogen-bond donors (Lipinski definition) is 1. The molecule has 1 atom stereocenters. The number of benzene rings is 2. The molecule has 0 saturated carbocycles. The molecule has 1 fully saturated rings. The predicted octanol–water partition coefficient (Wildman–Crippen LogP) is 6.86. The maximum absolute atomic E-state index is 13.9. The summed E-state index contributed by atoms with van der Waals surface area (Å²) in [7, 11) is 0. The fraction of sp³-hybridized carbons (Fsp3) is 0.560. The van der Waals surface area contributed by atoms with E-state index >= 15 is 0 Å². The van der Waals surface area contributed by atoms with Crippen molar-refractivity contribution in [2.45, 2.75) is 83.4 Å². The fourth-order valence-corrected chi connectivity index (χ4v) is 4.43. The molecule has 1 aliphatic rings. The topological polar surface area (TPSA) is 32.3 Å². The zero-order chi connectivity index (χ0) is 22.3. The lowest BCUT2D eigenvalue weighted by Crippen LogP contribution is -2.43. The first-order chi connectivity index (χ1) is 14.9. The Morgan fingerprint density at radius 1 is 1.00 bits per heavy atom. The molecule has 1 N–H and O–H groups in total. The zero-order valence-electron chi connectivity index (χ0n) is 18.3. The van der Waals surface area contributed by atoms with Gasteiger partial charge in [0.25, 0.3) is 0 Å². The van der Waals surface area contributed by atoms with E-state index in [4.69, 9.17) is 0 Å². The van der Waals surface area contributed by atoms with Crippen LogP contribution >= 0.6 is 0 Å². The summed E-state index contributed by atoms with van der Waals surface area (Å²) in [5, 5.41) is 2.85. The van der Waals surface area contributed by atoms with Crippen LogP contribution in [0.4, 0.5) is 13.2 Å². The van der Waals surface area contributed by atoms with Gasteiger partial charge in [-0.1, -0.05) is 82.2 Å². The molecule has 1 unspecified atom stereocenters. The van der Waals surface area contributed by atoms with E-state index in [0.29, 0.717) is 0 Å². The molecular weight excluding hydrogens is 401 g/mol. The monoisotopic (exact) mass is 434 g/mol. The maximum Gasteiger partial charge on any atom is 0.409 e. The summed E-state index contributed by atoms with van der Waals surface area (Å²) in [6.45, 7) is 2.27. The number of nitrogens with one attached hydrogen (secondary N) is 1. The highest BCUT2D eigenvalue weighted by atomic mass is 19.4. The highest BCUT2D eigenvalue weighted by molar-refractivity contribution is 5.86. The van der Waals surface area contributed by atoms with Crippen LogP contribution in [0.2, 0.25) is 0 Å². The fourth-order valence-electron chi connectivity index (χ4n) is 4.43. The smallest absolute Gasteiger partial charge is 0.288 e. The van der Waals surface area contributed by atoms with E-state index in [1.54, 1.807) is 12.1 Å². The molecule has 0 bridgehead atoms. The number of unbranched alkanes of at least 4 members (excludes halogenated alkanes) is 7. The Labute approximate surface area is 183 Å². The molecule has 170 valence electrons. The van der Waals surface area contributed by atoms with Crippen LogP contribution in [0.5, 0.6) is 0 Å². The Balaban J connectivity index is 1.71. The second-order valence-electron chi connectivity index (χ2n) is 8.55. The van der Waals surface area contributed by atoms with Crippen LogP contribution < -0.4 is 5.43 Å². The van der Waals surface area contributed by atoms with Crippen LogP contribution in [0.25, 0.3) is 10.8 Å². The molecule has 1 aliphatic heterocycles. The Morgan fingerprint density at radius 2 is 1.71 bits per heavy atom. The number of aryl methyl sites for hydroxylation is 1. The van der Waals surface area contributed by atoms with Crippen molar-refractivity contribution >= 4 is 16.7 Å². The van der Waals surface area contributed by atoms with E-state index in [1.807, 2.05) is 18.2 Å². The lowest BCUT2D eigenvalue weighted by molar-refractivity contribution is -0.191. The van der Waals surface area contributed by atoms with E-state index in [1.165, 1.54) is 44.6 Å². The number of nitrogens with zero attached hydrogens (tertiary/aromatic N) is 1. The Kier molecular flexibility index (Phi) is 8.35. The SMILES string of the molecule is CCCCCCCCCCc1cccc2ccc(C(N3CCC(=O)N3)C(F)(F)F)cc12. The molecule has 2 aromatic rings. The average molecular weight is 435 g/mol. The third-order valence-electron chi connectivity index (χ3n) is 6.08.